The van der Waals surface area contributed by atoms with Crippen LogP contribution < -0.4 is 10.2 Å². The number of rotatable bonds is 5. The van der Waals surface area contributed by atoms with E-state index >= 15 is 0 Å². The fourth-order valence-electron chi connectivity index (χ4n) is 2.62. The first kappa shape index (κ1) is 13.3. The summed E-state index contributed by atoms with van der Waals surface area (Å²) in [4.78, 5) is 2.38. The van der Waals surface area contributed by atoms with Gasteiger partial charge in [-0.3, -0.25) is 0 Å². The van der Waals surface area contributed by atoms with Crippen LogP contribution in [-0.4, -0.2) is 36.4 Å². The van der Waals surface area contributed by atoms with Crippen molar-refractivity contribution in [1.29, 1.82) is 0 Å². The molecular formula is C14H24N4. The molecule has 1 N–H and O–H groups in total. The van der Waals surface area contributed by atoms with Crippen molar-refractivity contribution in [3.8, 4) is 0 Å². The number of likely N-dealkylation sites (N-methyl/N-ethyl adjacent to an activating group) is 1. The number of nitrogens with zero attached hydrogens (tertiary/aromatic N) is 3. The number of nitrogens with one attached hydrogen (secondary N) is 1. The summed E-state index contributed by atoms with van der Waals surface area (Å²) in [5.41, 5.74) is 1.10. The highest BCUT2D eigenvalue weighted by Gasteiger charge is 2.25. The summed E-state index contributed by atoms with van der Waals surface area (Å²) in [5, 5.41) is 12.0. The van der Waals surface area contributed by atoms with E-state index in [1.165, 1.54) is 12.8 Å². The van der Waals surface area contributed by atoms with E-state index in [1.54, 1.807) is 0 Å². The fraction of sp³-hybridized carbons (Fsp3) is 0.714. The molecule has 1 unspecified atom stereocenters. The highest BCUT2D eigenvalue weighted by Crippen LogP contribution is 2.23. The summed E-state index contributed by atoms with van der Waals surface area (Å²) < 4.78 is 0. The van der Waals surface area contributed by atoms with Crippen molar-refractivity contribution in [2.24, 2.45) is 5.92 Å². The zero-order valence-corrected chi connectivity index (χ0v) is 11.7. The molecule has 0 saturated carbocycles. The van der Waals surface area contributed by atoms with Crippen LogP contribution in [0.1, 0.15) is 32.4 Å². The normalized spacial score (nSPS) is 19.8. The third-order valence-corrected chi connectivity index (χ3v) is 3.43. The van der Waals surface area contributed by atoms with Crippen LogP contribution in [-0.2, 0) is 6.42 Å². The summed E-state index contributed by atoms with van der Waals surface area (Å²) in [6.45, 7) is 6.54. The Hall–Kier alpha value is -1.16. The van der Waals surface area contributed by atoms with Crippen LogP contribution in [0.2, 0.25) is 0 Å². The maximum absolute atomic E-state index is 4.39. The fourth-order valence-corrected chi connectivity index (χ4v) is 2.62. The third kappa shape index (κ3) is 3.19. The minimum atomic E-state index is 0.570. The van der Waals surface area contributed by atoms with Crippen LogP contribution in [0.3, 0.4) is 0 Å². The van der Waals surface area contributed by atoms with E-state index in [-0.39, 0.29) is 0 Å². The van der Waals surface area contributed by atoms with Crippen LogP contribution in [0.25, 0.3) is 0 Å². The Labute approximate surface area is 110 Å². The van der Waals surface area contributed by atoms with E-state index in [1.807, 2.05) is 7.05 Å². The minimum Gasteiger partial charge on any atom is -0.351 e. The van der Waals surface area contributed by atoms with Gasteiger partial charge in [0.05, 0.1) is 5.69 Å². The molecule has 0 amide bonds. The average molecular weight is 248 g/mol. The number of aromatic nitrogens is 2. The molecule has 4 heteroatoms. The SMILES string of the molecule is CNCC1CCCN1c1ccc(CC(C)C)nn1. The number of hydrogen-bond donors (Lipinski definition) is 1. The Bertz CT molecular complexity index is 361. The van der Waals surface area contributed by atoms with Gasteiger partial charge in [-0.2, -0.15) is 5.10 Å². The lowest BCUT2D eigenvalue weighted by molar-refractivity contribution is 0.604. The summed E-state index contributed by atoms with van der Waals surface area (Å²) in [5.74, 6) is 1.66. The predicted octanol–water partition coefficient (Wildman–Crippen LogP) is 1.86. The van der Waals surface area contributed by atoms with Gasteiger partial charge in [0.25, 0.3) is 0 Å². The summed E-state index contributed by atoms with van der Waals surface area (Å²) in [6.07, 6.45) is 3.51. The van der Waals surface area contributed by atoms with Crippen molar-refractivity contribution in [3.05, 3.63) is 17.8 Å². The lowest BCUT2D eigenvalue weighted by Gasteiger charge is -2.25. The lowest BCUT2D eigenvalue weighted by Crippen LogP contribution is -2.37. The standard InChI is InChI=1S/C14H24N4/c1-11(2)9-12-6-7-14(17-16-12)18-8-4-5-13(18)10-15-3/h6-7,11,13,15H,4-5,8-10H2,1-3H3. The van der Waals surface area contributed by atoms with E-state index in [2.05, 4.69) is 46.4 Å². The van der Waals surface area contributed by atoms with Gasteiger partial charge in [-0.05, 0) is 44.4 Å². The van der Waals surface area contributed by atoms with E-state index in [4.69, 9.17) is 0 Å². The molecule has 18 heavy (non-hydrogen) atoms. The van der Waals surface area contributed by atoms with Gasteiger partial charge in [-0.1, -0.05) is 13.8 Å². The van der Waals surface area contributed by atoms with Gasteiger partial charge in [-0.15, -0.1) is 5.10 Å². The topological polar surface area (TPSA) is 41.0 Å². The molecular weight excluding hydrogens is 224 g/mol. The van der Waals surface area contributed by atoms with Crippen molar-refractivity contribution in [2.75, 3.05) is 25.0 Å². The molecule has 100 valence electrons. The van der Waals surface area contributed by atoms with E-state index in [0.717, 1.165) is 31.0 Å². The van der Waals surface area contributed by atoms with Crippen molar-refractivity contribution in [2.45, 2.75) is 39.2 Å². The van der Waals surface area contributed by atoms with Gasteiger partial charge < -0.3 is 10.2 Å². The lowest BCUT2D eigenvalue weighted by atomic mass is 10.1. The Morgan fingerprint density at radius 3 is 2.83 bits per heavy atom. The Kier molecular flexibility index (Phi) is 4.53. The highest BCUT2D eigenvalue weighted by molar-refractivity contribution is 5.40. The molecule has 0 radical (unpaired) electrons. The van der Waals surface area contributed by atoms with Gasteiger partial charge in [0.15, 0.2) is 5.82 Å². The van der Waals surface area contributed by atoms with Crippen LogP contribution >= 0.6 is 0 Å². The second-order valence-corrected chi connectivity index (χ2v) is 5.53. The molecule has 1 saturated heterocycles. The Morgan fingerprint density at radius 1 is 1.39 bits per heavy atom. The third-order valence-electron chi connectivity index (χ3n) is 3.43. The maximum atomic E-state index is 4.39. The maximum Gasteiger partial charge on any atom is 0.151 e. The Balaban J connectivity index is 2.04. The smallest absolute Gasteiger partial charge is 0.151 e. The van der Waals surface area contributed by atoms with E-state index in [9.17, 15) is 0 Å². The highest BCUT2D eigenvalue weighted by atomic mass is 15.3. The monoisotopic (exact) mass is 248 g/mol. The van der Waals surface area contributed by atoms with Crippen molar-refractivity contribution in [1.82, 2.24) is 15.5 Å². The molecule has 0 bridgehead atoms. The first-order chi connectivity index (χ1) is 8.70. The van der Waals surface area contributed by atoms with E-state index in [0.29, 0.717) is 12.0 Å². The summed E-state index contributed by atoms with van der Waals surface area (Å²) in [6, 6.07) is 4.82. The van der Waals surface area contributed by atoms with Crippen LogP contribution in [0, 0.1) is 5.92 Å². The molecule has 1 aromatic heterocycles. The minimum absolute atomic E-state index is 0.570. The molecule has 2 rings (SSSR count). The quantitative estimate of drug-likeness (QED) is 0.863. The molecule has 1 fully saturated rings. The van der Waals surface area contributed by atoms with Gasteiger partial charge in [0.1, 0.15) is 0 Å². The molecule has 1 atom stereocenters. The van der Waals surface area contributed by atoms with Gasteiger partial charge in [0.2, 0.25) is 0 Å². The molecule has 1 aliphatic rings. The number of hydrogen-bond acceptors (Lipinski definition) is 4. The second-order valence-electron chi connectivity index (χ2n) is 5.53. The molecule has 1 aromatic rings. The van der Waals surface area contributed by atoms with Crippen LogP contribution in [0.15, 0.2) is 12.1 Å². The first-order valence-electron chi connectivity index (χ1n) is 6.94. The van der Waals surface area contributed by atoms with Crippen LogP contribution in [0.5, 0.6) is 0 Å². The average Bonchev–Trinajstić information content (AvgIpc) is 2.78. The van der Waals surface area contributed by atoms with Crippen LogP contribution in [0.4, 0.5) is 5.82 Å². The molecule has 2 heterocycles. The van der Waals surface area contributed by atoms with Crippen molar-refractivity contribution in [3.63, 3.8) is 0 Å². The summed E-state index contributed by atoms with van der Waals surface area (Å²) in [7, 11) is 2.01. The number of anilines is 1. The van der Waals surface area contributed by atoms with Gasteiger partial charge >= 0.3 is 0 Å². The zero-order valence-electron chi connectivity index (χ0n) is 11.7. The van der Waals surface area contributed by atoms with Crippen molar-refractivity contribution >= 4 is 5.82 Å². The van der Waals surface area contributed by atoms with Gasteiger partial charge in [0, 0.05) is 19.1 Å². The summed E-state index contributed by atoms with van der Waals surface area (Å²) >= 11 is 0. The van der Waals surface area contributed by atoms with E-state index < -0.39 is 0 Å². The predicted molar refractivity (Wildman–Crippen MR) is 74.9 cm³/mol. The molecule has 4 nitrogen and oxygen atoms in total. The molecule has 0 spiro atoms. The first-order valence-corrected chi connectivity index (χ1v) is 6.94. The largest absolute Gasteiger partial charge is 0.351 e. The van der Waals surface area contributed by atoms with Crippen molar-refractivity contribution < 1.29 is 0 Å². The van der Waals surface area contributed by atoms with Gasteiger partial charge in [-0.25, -0.2) is 0 Å². The molecule has 0 aliphatic carbocycles. The Morgan fingerprint density at radius 2 is 2.22 bits per heavy atom. The zero-order chi connectivity index (χ0) is 13.0. The molecule has 1 aliphatic heterocycles. The molecule has 0 aromatic carbocycles. The second kappa shape index (κ2) is 6.14.